The quantitative estimate of drug-likeness (QED) is 0.572. The van der Waals surface area contributed by atoms with E-state index in [2.05, 4.69) is 26.8 Å². The summed E-state index contributed by atoms with van der Waals surface area (Å²) in [6, 6.07) is 8.14. The highest BCUT2D eigenvalue weighted by molar-refractivity contribution is 6.17. The lowest BCUT2D eigenvalue weighted by molar-refractivity contribution is 0.110. The lowest BCUT2D eigenvalue weighted by Crippen LogP contribution is -2.15. The molecular weight excluding hydrogens is 236 g/mol. The highest BCUT2D eigenvalue weighted by atomic mass is 35.5. The maximum Gasteiger partial charge on any atom is 0.123 e. The third-order valence-electron chi connectivity index (χ3n) is 2.40. The normalized spacial score (nSPS) is 11.5. The summed E-state index contributed by atoms with van der Waals surface area (Å²) in [6.45, 7) is 8.25. The molecule has 1 aromatic rings. The molecule has 96 valence electrons. The van der Waals surface area contributed by atoms with Crippen LogP contribution in [0.3, 0.4) is 0 Å². The second-order valence-corrected chi connectivity index (χ2v) is 5.27. The third kappa shape index (κ3) is 4.97. The SMILES string of the molecule is CC(C)(C)c1ccccc1OCCOCCCl. The Balaban J connectivity index is 2.53. The fourth-order valence-electron chi connectivity index (χ4n) is 1.58. The molecule has 3 heteroatoms. The van der Waals surface area contributed by atoms with Crippen molar-refractivity contribution in [1.82, 2.24) is 0 Å². The molecule has 0 aliphatic carbocycles. The fraction of sp³-hybridized carbons (Fsp3) is 0.571. The van der Waals surface area contributed by atoms with Gasteiger partial charge in [-0.1, -0.05) is 39.0 Å². The van der Waals surface area contributed by atoms with Crippen molar-refractivity contribution >= 4 is 11.6 Å². The lowest BCUT2D eigenvalue weighted by atomic mass is 9.86. The topological polar surface area (TPSA) is 18.5 Å². The first kappa shape index (κ1) is 14.3. The number of halogens is 1. The van der Waals surface area contributed by atoms with Crippen LogP contribution in [0.5, 0.6) is 5.75 Å². The van der Waals surface area contributed by atoms with Gasteiger partial charge in [-0.3, -0.25) is 0 Å². The van der Waals surface area contributed by atoms with Gasteiger partial charge in [0.2, 0.25) is 0 Å². The Hall–Kier alpha value is -0.730. The molecule has 0 atom stereocenters. The number of para-hydroxylation sites is 1. The Kier molecular flexibility index (Phi) is 5.79. The second kappa shape index (κ2) is 6.87. The van der Waals surface area contributed by atoms with Gasteiger partial charge in [0.25, 0.3) is 0 Å². The van der Waals surface area contributed by atoms with E-state index >= 15 is 0 Å². The van der Waals surface area contributed by atoms with Gasteiger partial charge < -0.3 is 9.47 Å². The predicted octanol–water partition coefficient (Wildman–Crippen LogP) is 3.62. The number of rotatable bonds is 6. The van der Waals surface area contributed by atoms with E-state index in [4.69, 9.17) is 21.1 Å². The first-order valence-corrected chi connectivity index (χ1v) is 6.45. The van der Waals surface area contributed by atoms with Gasteiger partial charge in [0.15, 0.2) is 0 Å². The van der Waals surface area contributed by atoms with Gasteiger partial charge in [0.05, 0.1) is 13.2 Å². The fourth-order valence-corrected chi connectivity index (χ4v) is 1.69. The molecule has 0 aliphatic heterocycles. The molecule has 1 rings (SSSR count). The molecule has 0 spiro atoms. The van der Waals surface area contributed by atoms with Gasteiger partial charge >= 0.3 is 0 Å². The van der Waals surface area contributed by atoms with Crippen molar-refractivity contribution < 1.29 is 9.47 Å². The van der Waals surface area contributed by atoms with E-state index in [1.807, 2.05) is 18.2 Å². The van der Waals surface area contributed by atoms with Crippen LogP contribution < -0.4 is 4.74 Å². The average molecular weight is 257 g/mol. The Morgan fingerprint density at radius 1 is 1.06 bits per heavy atom. The standard InChI is InChI=1S/C14H21ClO2/c1-14(2,3)12-6-4-5-7-13(12)17-11-10-16-9-8-15/h4-7H,8-11H2,1-3H3. The summed E-state index contributed by atoms with van der Waals surface area (Å²) >= 11 is 5.52. The molecule has 0 radical (unpaired) electrons. The second-order valence-electron chi connectivity index (χ2n) is 4.90. The minimum atomic E-state index is 0.0909. The highest BCUT2D eigenvalue weighted by Gasteiger charge is 2.18. The van der Waals surface area contributed by atoms with Gasteiger partial charge in [-0.15, -0.1) is 11.6 Å². The zero-order valence-electron chi connectivity index (χ0n) is 10.8. The number of benzene rings is 1. The molecule has 1 aromatic carbocycles. The molecule has 0 fully saturated rings. The van der Waals surface area contributed by atoms with Crippen LogP contribution in [0.25, 0.3) is 0 Å². The van der Waals surface area contributed by atoms with Crippen molar-refractivity contribution in [2.75, 3.05) is 25.7 Å². The van der Waals surface area contributed by atoms with Gasteiger partial charge in [-0.2, -0.15) is 0 Å². The van der Waals surface area contributed by atoms with Crippen LogP contribution in [0.2, 0.25) is 0 Å². The monoisotopic (exact) mass is 256 g/mol. The third-order valence-corrected chi connectivity index (χ3v) is 2.56. The maximum absolute atomic E-state index is 5.74. The molecule has 0 bridgehead atoms. The first-order valence-electron chi connectivity index (χ1n) is 5.91. The van der Waals surface area contributed by atoms with E-state index < -0.39 is 0 Å². The van der Waals surface area contributed by atoms with Crippen LogP contribution >= 0.6 is 11.6 Å². The largest absolute Gasteiger partial charge is 0.491 e. The molecule has 0 aromatic heterocycles. The van der Waals surface area contributed by atoms with Crippen LogP contribution in [-0.4, -0.2) is 25.7 Å². The predicted molar refractivity (Wildman–Crippen MR) is 72.2 cm³/mol. The molecule has 0 amide bonds. The zero-order chi connectivity index (χ0) is 12.7. The van der Waals surface area contributed by atoms with Crippen molar-refractivity contribution in [3.05, 3.63) is 29.8 Å². The Morgan fingerprint density at radius 3 is 2.41 bits per heavy atom. The van der Waals surface area contributed by atoms with Gasteiger partial charge in [0.1, 0.15) is 12.4 Å². The van der Waals surface area contributed by atoms with Gasteiger partial charge in [-0.05, 0) is 17.0 Å². The highest BCUT2D eigenvalue weighted by Crippen LogP contribution is 2.30. The number of alkyl halides is 1. The molecule has 2 nitrogen and oxygen atoms in total. The molecule has 0 aliphatic rings. The van der Waals surface area contributed by atoms with E-state index in [0.717, 1.165) is 5.75 Å². The molecular formula is C14H21ClO2. The van der Waals surface area contributed by atoms with Crippen molar-refractivity contribution in [2.45, 2.75) is 26.2 Å². The number of ether oxygens (including phenoxy) is 2. The van der Waals surface area contributed by atoms with Crippen LogP contribution in [0.1, 0.15) is 26.3 Å². The van der Waals surface area contributed by atoms with Crippen molar-refractivity contribution in [1.29, 1.82) is 0 Å². The molecule has 0 saturated carbocycles. The van der Waals surface area contributed by atoms with Crippen LogP contribution in [0.4, 0.5) is 0 Å². The van der Waals surface area contributed by atoms with E-state index in [1.165, 1.54) is 5.56 Å². The van der Waals surface area contributed by atoms with Crippen LogP contribution in [0, 0.1) is 0 Å². The van der Waals surface area contributed by atoms with Crippen molar-refractivity contribution in [2.24, 2.45) is 0 Å². The van der Waals surface area contributed by atoms with E-state index in [-0.39, 0.29) is 5.41 Å². The molecule has 0 N–H and O–H groups in total. The summed E-state index contributed by atoms with van der Waals surface area (Å²) < 4.78 is 11.0. The first-order chi connectivity index (χ1) is 8.05. The summed E-state index contributed by atoms with van der Waals surface area (Å²) in [5.41, 5.74) is 1.31. The number of hydrogen-bond acceptors (Lipinski definition) is 2. The average Bonchev–Trinajstić information content (AvgIpc) is 2.28. The molecule has 0 heterocycles. The summed E-state index contributed by atoms with van der Waals surface area (Å²) in [7, 11) is 0. The van der Waals surface area contributed by atoms with Gasteiger partial charge in [-0.25, -0.2) is 0 Å². The van der Waals surface area contributed by atoms with Gasteiger partial charge in [0, 0.05) is 5.88 Å². The molecule has 0 saturated heterocycles. The molecule has 0 unspecified atom stereocenters. The van der Waals surface area contributed by atoms with Crippen LogP contribution in [0.15, 0.2) is 24.3 Å². The smallest absolute Gasteiger partial charge is 0.123 e. The maximum atomic E-state index is 5.74. The minimum Gasteiger partial charge on any atom is -0.491 e. The van der Waals surface area contributed by atoms with Crippen molar-refractivity contribution in [3.63, 3.8) is 0 Å². The lowest BCUT2D eigenvalue weighted by Gasteiger charge is -2.22. The zero-order valence-corrected chi connectivity index (χ0v) is 11.6. The van der Waals surface area contributed by atoms with E-state index in [1.54, 1.807) is 0 Å². The molecule has 17 heavy (non-hydrogen) atoms. The Labute approximate surface area is 109 Å². The minimum absolute atomic E-state index is 0.0909. The van der Waals surface area contributed by atoms with E-state index in [0.29, 0.717) is 25.7 Å². The van der Waals surface area contributed by atoms with Crippen molar-refractivity contribution in [3.8, 4) is 5.75 Å². The summed E-state index contributed by atoms with van der Waals surface area (Å²) in [5.74, 6) is 1.47. The Bertz CT molecular complexity index is 331. The summed E-state index contributed by atoms with van der Waals surface area (Å²) in [6.07, 6.45) is 0. The van der Waals surface area contributed by atoms with E-state index in [9.17, 15) is 0 Å². The summed E-state index contributed by atoms with van der Waals surface area (Å²) in [4.78, 5) is 0. The Morgan fingerprint density at radius 2 is 1.76 bits per heavy atom. The summed E-state index contributed by atoms with van der Waals surface area (Å²) in [5, 5.41) is 0. The van der Waals surface area contributed by atoms with Crippen LogP contribution in [-0.2, 0) is 10.2 Å². The number of hydrogen-bond donors (Lipinski definition) is 0.